The highest BCUT2D eigenvalue weighted by atomic mass is 16.3. The van der Waals surface area contributed by atoms with E-state index in [-0.39, 0.29) is 23.6 Å². The van der Waals surface area contributed by atoms with E-state index < -0.39 is 0 Å². The molecule has 0 aromatic heterocycles. The molecule has 4 heteroatoms. The third-order valence-electron chi connectivity index (χ3n) is 2.94. The maximum absolute atomic E-state index is 9.22. The minimum Gasteiger partial charge on any atom is -0.508 e. The molecule has 18 heavy (non-hydrogen) atoms. The summed E-state index contributed by atoms with van der Waals surface area (Å²) in [6.45, 7) is 0. The van der Waals surface area contributed by atoms with Crippen molar-refractivity contribution in [3.05, 3.63) is 59.7 Å². The molecule has 0 heterocycles. The lowest BCUT2D eigenvalue weighted by Gasteiger charge is -2.20. The topological polar surface area (TPSA) is 92.5 Å². The molecule has 0 fully saturated rings. The van der Waals surface area contributed by atoms with E-state index in [1.807, 2.05) is 0 Å². The lowest BCUT2D eigenvalue weighted by atomic mass is 9.95. The minimum absolute atomic E-state index is 0.198. The van der Waals surface area contributed by atoms with Gasteiger partial charge in [0.05, 0.1) is 0 Å². The summed E-state index contributed by atoms with van der Waals surface area (Å²) in [6.07, 6.45) is 0. The molecule has 2 rings (SSSR count). The molecular formula is C14H16N2O2. The van der Waals surface area contributed by atoms with Gasteiger partial charge in [-0.3, -0.25) is 0 Å². The highest BCUT2D eigenvalue weighted by molar-refractivity contribution is 5.33. The lowest BCUT2D eigenvalue weighted by Crippen LogP contribution is -2.26. The third-order valence-corrected chi connectivity index (χ3v) is 2.94. The van der Waals surface area contributed by atoms with E-state index in [9.17, 15) is 10.2 Å². The Morgan fingerprint density at radius 2 is 0.889 bits per heavy atom. The van der Waals surface area contributed by atoms with Crippen molar-refractivity contribution in [1.29, 1.82) is 0 Å². The Morgan fingerprint density at radius 1 is 0.611 bits per heavy atom. The van der Waals surface area contributed by atoms with Crippen molar-refractivity contribution in [3.63, 3.8) is 0 Å². The van der Waals surface area contributed by atoms with E-state index in [1.54, 1.807) is 48.5 Å². The van der Waals surface area contributed by atoms with Crippen LogP contribution in [0.1, 0.15) is 23.2 Å². The first-order valence-electron chi connectivity index (χ1n) is 5.67. The quantitative estimate of drug-likeness (QED) is 0.662. The molecule has 2 atom stereocenters. The van der Waals surface area contributed by atoms with E-state index in [0.29, 0.717) is 0 Å². The van der Waals surface area contributed by atoms with E-state index in [0.717, 1.165) is 11.1 Å². The van der Waals surface area contributed by atoms with Crippen LogP contribution >= 0.6 is 0 Å². The van der Waals surface area contributed by atoms with Crippen molar-refractivity contribution >= 4 is 0 Å². The Labute approximate surface area is 105 Å². The van der Waals surface area contributed by atoms with Crippen LogP contribution in [0.4, 0.5) is 0 Å². The normalized spacial score (nSPS) is 14.1. The van der Waals surface area contributed by atoms with E-state index >= 15 is 0 Å². The van der Waals surface area contributed by atoms with Gasteiger partial charge in [-0.1, -0.05) is 24.3 Å². The van der Waals surface area contributed by atoms with Crippen molar-refractivity contribution in [3.8, 4) is 11.5 Å². The SMILES string of the molecule is N[C@H](c1ccc(O)cc1)[C@H](N)c1ccc(O)cc1. The number of hydrogen-bond acceptors (Lipinski definition) is 4. The van der Waals surface area contributed by atoms with Gasteiger partial charge in [-0.25, -0.2) is 0 Å². The van der Waals surface area contributed by atoms with Gasteiger partial charge in [0.1, 0.15) is 11.5 Å². The molecule has 4 nitrogen and oxygen atoms in total. The van der Waals surface area contributed by atoms with Crippen molar-refractivity contribution < 1.29 is 10.2 Å². The predicted octanol–water partition coefficient (Wildman–Crippen LogP) is 1.80. The standard InChI is InChI=1S/C14H16N2O2/c15-13(9-1-5-11(17)6-2-9)14(16)10-3-7-12(18)8-4-10/h1-8,13-14,17-18H,15-16H2/t13-,14-/m1/s1. The fraction of sp³-hybridized carbons (Fsp3) is 0.143. The molecule has 0 aliphatic heterocycles. The maximum atomic E-state index is 9.22. The van der Waals surface area contributed by atoms with Gasteiger partial charge in [0.2, 0.25) is 0 Å². The molecule has 0 amide bonds. The maximum Gasteiger partial charge on any atom is 0.115 e. The summed E-state index contributed by atoms with van der Waals surface area (Å²) in [7, 11) is 0. The first-order valence-corrected chi connectivity index (χ1v) is 5.67. The summed E-state index contributed by atoms with van der Waals surface area (Å²) in [5.74, 6) is 0.397. The zero-order chi connectivity index (χ0) is 13.1. The Kier molecular flexibility index (Phi) is 3.50. The number of rotatable bonds is 3. The van der Waals surface area contributed by atoms with Crippen molar-refractivity contribution in [2.75, 3.05) is 0 Å². The van der Waals surface area contributed by atoms with E-state index in [4.69, 9.17) is 11.5 Å². The fourth-order valence-corrected chi connectivity index (χ4v) is 1.81. The van der Waals surface area contributed by atoms with Crippen LogP contribution in [0, 0.1) is 0 Å². The van der Waals surface area contributed by atoms with Gasteiger partial charge >= 0.3 is 0 Å². The summed E-state index contributed by atoms with van der Waals surface area (Å²) in [4.78, 5) is 0. The average molecular weight is 244 g/mol. The lowest BCUT2D eigenvalue weighted by molar-refractivity contribution is 0.472. The molecule has 0 saturated carbocycles. The van der Waals surface area contributed by atoms with Crippen LogP contribution < -0.4 is 11.5 Å². The summed E-state index contributed by atoms with van der Waals surface area (Å²) in [6, 6.07) is 12.6. The highest BCUT2D eigenvalue weighted by Gasteiger charge is 2.17. The number of phenolic OH excluding ortho intramolecular Hbond substituents is 2. The third kappa shape index (κ3) is 2.61. The first kappa shape index (κ1) is 12.4. The summed E-state index contributed by atoms with van der Waals surface area (Å²) in [5, 5.41) is 18.4. The van der Waals surface area contributed by atoms with Gasteiger partial charge in [0.25, 0.3) is 0 Å². The molecule has 0 radical (unpaired) electrons. The van der Waals surface area contributed by atoms with Crippen LogP contribution in [0.25, 0.3) is 0 Å². The van der Waals surface area contributed by atoms with Crippen LogP contribution in [-0.4, -0.2) is 10.2 Å². The number of hydrogen-bond donors (Lipinski definition) is 4. The van der Waals surface area contributed by atoms with Gasteiger partial charge in [0, 0.05) is 12.1 Å². The second-order valence-electron chi connectivity index (χ2n) is 4.23. The average Bonchev–Trinajstić information content (AvgIpc) is 2.39. The minimum atomic E-state index is -0.366. The van der Waals surface area contributed by atoms with Gasteiger partial charge in [-0.2, -0.15) is 0 Å². The van der Waals surface area contributed by atoms with Gasteiger partial charge in [-0.15, -0.1) is 0 Å². The summed E-state index contributed by atoms with van der Waals surface area (Å²) >= 11 is 0. The zero-order valence-electron chi connectivity index (χ0n) is 9.82. The molecule has 0 saturated heterocycles. The Morgan fingerprint density at radius 3 is 1.17 bits per heavy atom. The number of phenols is 2. The molecule has 6 N–H and O–H groups in total. The molecular weight excluding hydrogens is 228 g/mol. The zero-order valence-corrected chi connectivity index (χ0v) is 9.82. The van der Waals surface area contributed by atoms with Crippen LogP contribution in [-0.2, 0) is 0 Å². The van der Waals surface area contributed by atoms with Crippen molar-refractivity contribution in [2.24, 2.45) is 11.5 Å². The van der Waals surface area contributed by atoms with Crippen LogP contribution in [0.2, 0.25) is 0 Å². The molecule has 0 spiro atoms. The molecule has 2 aromatic rings. The molecule has 0 aliphatic carbocycles. The van der Waals surface area contributed by atoms with Crippen LogP contribution in [0.3, 0.4) is 0 Å². The van der Waals surface area contributed by atoms with Gasteiger partial charge in [0.15, 0.2) is 0 Å². The van der Waals surface area contributed by atoms with Gasteiger partial charge < -0.3 is 21.7 Å². The fourth-order valence-electron chi connectivity index (χ4n) is 1.81. The van der Waals surface area contributed by atoms with E-state index in [2.05, 4.69) is 0 Å². The van der Waals surface area contributed by atoms with E-state index in [1.165, 1.54) is 0 Å². The summed E-state index contributed by atoms with van der Waals surface area (Å²) < 4.78 is 0. The Bertz CT molecular complexity index is 459. The number of nitrogens with two attached hydrogens (primary N) is 2. The second kappa shape index (κ2) is 5.08. The first-order chi connectivity index (χ1) is 8.58. The van der Waals surface area contributed by atoms with Crippen LogP contribution in [0.5, 0.6) is 11.5 Å². The second-order valence-corrected chi connectivity index (χ2v) is 4.23. The molecule has 0 aliphatic rings. The molecule has 0 bridgehead atoms. The van der Waals surface area contributed by atoms with Gasteiger partial charge in [-0.05, 0) is 35.4 Å². The molecule has 2 aromatic carbocycles. The van der Waals surface area contributed by atoms with Crippen LogP contribution in [0.15, 0.2) is 48.5 Å². The molecule has 94 valence electrons. The van der Waals surface area contributed by atoms with Crippen molar-refractivity contribution in [2.45, 2.75) is 12.1 Å². The predicted molar refractivity (Wildman–Crippen MR) is 70.1 cm³/mol. The van der Waals surface area contributed by atoms with Crippen molar-refractivity contribution in [1.82, 2.24) is 0 Å². The Balaban J connectivity index is 2.20. The number of benzene rings is 2. The highest BCUT2D eigenvalue weighted by Crippen LogP contribution is 2.26. The molecule has 0 unspecified atom stereocenters. The number of aromatic hydroxyl groups is 2. The smallest absolute Gasteiger partial charge is 0.115 e. The monoisotopic (exact) mass is 244 g/mol. The summed E-state index contributed by atoms with van der Waals surface area (Å²) in [5.41, 5.74) is 13.9. The largest absolute Gasteiger partial charge is 0.508 e. The Hall–Kier alpha value is -2.04.